The van der Waals surface area contributed by atoms with Gasteiger partial charge in [0.15, 0.2) is 0 Å². The molecule has 0 amide bonds. The summed E-state index contributed by atoms with van der Waals surface area (Å²) in [6.45, 7) is 8.05. The lowest BCUT2D eigenvalue weighted by Gasteiger charge is -2.39. The van der Waals surface area contributed by atoms with E-state index in [1.165, 1.54) is 12.0 Å². The minimum atomic E-state index is -0.387. The van der Waals surface area contributed by atoms with Crippen molar-refractivity contribution in [3.63, 3.8) is 0 Å². The van der Waals surface area contributed by atoms with Crippen LogP contribution < -0.4 is 0 Å². The molecule has 90 valence electrons. The molecule has 0 saturated heterocycles. The zero-order chi connectivity index (χ0) is 12.2. The van der Waals surface area contributed by atoms with Crippen LogP contribution in [-0.4, -0.2) is 23.3 Å². The van der Waals surface area contributed by atoms with E-state index in [4.69, 9.17) is 8.92 Å². The number of methoxy groups -OCH3 is 1. The first-order chi connectivity index (χ1) is 7.39. The molecule has 1 aromatic rings. The van der Waals surface area contributed by atoms with E-state index in [0.29, 0.717) is 0 Å². The average molecular weight is 241 g/mol. The van der Waals surface area contributed by atoms with Crippen LogP contribution in [0.25, 0.3) is 0 Å². The van der Waals surface area contributed by atoms with Crippen LogP contribution >= 0.6 is 12.0 Å². The Balaban J connectivity index is 2.61. The highest BCUT2D eigenvalue weighted by molar-refractivity contribution is 7.94. The van der Waals surface area contributed by atoms with E-state index in [-0.39, 0.29) is 11.2 Å². The largest absolute Gasteiger partial charge is 0.376 e. The molecule has 0 spiro atoms. The lowest BCUT2D eigenvalue weighted by atomic mass is 9.90. The number of hydrogen-bond acceptors (Lipinski definition) is 4. The van der Waals surface area contributed by atoms with E-state index in [2.05, 4.69) is 4.98 Å². The topological polar surface area (TPSA) is 31.4 Å². The Morgan fingerprint density at radius 2 is 1.88 bits per heavy atom. The normalized spacial score (nSPS) is 12.8. The van der Waals surface area contributed by atoms with Gasteiger partial charge in [0.25, 0.3) is 0 Å². The zero-order valence-electron chi connectivity index (χ0n) is 10.5. The van der Waals surface area contributed by atoms with Gasteiger partial charge in [0, 0.05) is 31.5 Å². The Morgan fingerprint density at radius 1 is 1.19 bits per heavy atom. The van der Waals surface area contributed by atoms with Crippen LogP contribution in [0.1, 0.15) is 27.7 Å². The summed E-state index contributed by atoms with van der Waals surface area (Å²) in [7, 11) is 1.69. The number of rotatable bonds is 5. The fourth-order valence-corrected chi connectivity index (χ4v) is 1.64. The molecule has 0 bridgehead atoms. The third-order valence-electron chi connectivity index (χ3n) is 2.94. The SMILES string of the molecule is COC(C)(C)C(C)(C)OSc1cccnc1. The zero-order valence-corrected chi connectivity index (χ0v) is 11.3. The summed E-state index contributed by atoms with van der Waals surface area (Å²) in [6.07, 6.45) is 3.52. The molecule has 1 aromatic heterocycles. The van der Waals surface area contributed by atoms with Crippen molar-refractivity contribution < 1.29 is 8.92 Å². The van der Waals surface area contributed by atoms with Crippen molar-refractivity contribution in [2.45, 2.75) is 43.8 Å². The molecule has 0 fully saturated rings. The first-order valence-corrected chi connectivity index (χ1v) is 5.94. The van der Waals surface area contributed by atoms with Crippen LogP contribution in [0, 0.1) is 0 Å². The number of aromatic nitrogens is 1. The molecule has 4 heteroatoms. The monoisotopic (exact) mass is 241 g/mol. The van der Waals surface area contributed by atoms with Gasteiger partial charge in [0.05, 0.1) is 10.5 Å². The maximum absolute atomic E-state index is 5.82. The van der Waals surface area contributed by atoms with Crippen molar-refractivity contribution in [1.82, 2.24) is 4.98 Å². The van der Waals surface area contributed by atoms with Crippen molar-refractivity contribution in [3.05, 3.63) is 24.5 Å². The highest BCUT2D eigenvalue weighted by Gasteiger charge is 2.39. The quantitative estimate of drug-likeness (QED) is 0.740. The first-order valence-electron chi connectivity index (χ1n) is 5.20. The predicted octanol–water partition coefficient (Wildman–Crippen LogP) is 3.31. The summed E-state index contributed by atoms with van der Waals surface area (Å²) in [5.41, 5.74) is -0.732. The van der Waals surface area contributed by atoms with Gasteiger partial charge in [-0.15, -0.1) is 0 Å². The molecule has 0 aliphatic rings. The van der Waals surface area contributed by atoms with Gasteiger partial charge in [0.1, 0.15) is 5.60 Å². The second kappa shape index (κ2) is 5.17. The number of nitrogens with zero attached hydrogens (tertiary/aromatic N) is 1. The fraction of sp³-hybridized carbons (Fsp3) is 0.583. The highest BCUT2D eigenvalue weighted by Crippen LogP contribution is 2.34. The van der Waals surface area contributed by atoms with Crippen LogP contribution in [0.15, 0.2) is 29.4 Å². The molecule has 16 heavy (non-hydrogen) atoms. The summed E-state index contributed by atoms with van der Waals surface area (Å²) in [6, 6.07) is 3.85. The van der Waals surface area contributed by atoms with Gasteiger partial charge in [-0.25, -0.2) is 0 Å². The van der Waals surface area contributed by atoms with Gasteiger partial charge in [-0.1, -0.05) is 0 Å². The minimum absolute atomic E-state index is 0.345. The Labute approximate surface area is 102 Å². The Morgan fingerprint density at radius 3 is 2.38 bits per heavy atom. The molecule has 0 aliphatic heterocycles. The van der Waals surface area contributed by atoms with E-state index in [1.54, 1.807) is 19.5 Å². The maximum Gasteiger partial charge on any atom is 0.106 e. The Kier molecular flexibility index (Phi) is 4.35. The Bertz CT molecular complexity index is 325. The molecule has 0 aliphatic carbocycles. The van der Waals surface area contributed by atoms with Crippen molar-refractivity contribution in [2.24, 2.45) is 0 Å². The number of pyridine rings is 1. The summed E-state index contributed by atoms with van der Waals surface area (Å²) >= 11 is 1.33. The van der Waals surface area contributed by atoms with E-state index in [9.17, 15) is 0 Å². The molecule has 0 radical (unpaired) electrons. The van der Waals surface area contributed by atoms with Gasteiger partial charge in [-0.3, -0.25) is 4.98 Å². The lowest BCUT2D eigenvalue weighted by Crippen LogP contribution is -2.47. The van der Waals surface area contributed by atoms with Gasteiger partial charge in [-0.2, -0.15) is 0 Å². The van der Waals surface area contributed by atoms with E-state index < -0.39 is 0 Å². The molecule has 0 N–H and O–H groups in total. The summed E-state index contributed by atoms with van der Waals surface area (Å²) < 4.78 is 11.3. The number of ether oxygens (including phenoxy) is 1. The van der Waals surface area contributed by atoms with Crippen molar-refractivity contribution in [2.75, 3.05) is 7.11 Å². The highest BCUT2D eigenvalue weighted by atomic mass is 32.2. The van der Waals surface area contributed by atoms with E-state index >= 15 is 0 Å². The number of hydrogen-bond donors (Lipinski definition) is 0. The lowest BCUT2D eigenvalue weighted by molar-refractivity contribution is -0.107. The molecule has 0 saturated carbocycles. The molecule has 0 aromatic carbocycles. The maximum atomic E-state index is 5.82. The van der Waals surface area contributed by atoms with Crippen LogP contribution in [0.4, 0.5) is 0 Å². The smallest absolute Gasteiger partial charge is 0.106 e. The van der Waals surface area contributed by atoms with Crippen molar-refractivity contribution in [1.29, 1.82) is 0 Å². The minimum Gasteiger partial charge on any atom is -0.376 e. The molecule has 0 atom stereocenters. The average Bonchev–Trinajstić information content (AvgIpc) is 2.27. The third-order valence-corrected chi connectivity index (χ3v) is 3.87. The Hall–Kier alpha value is -0.580. The van der Waals surface area contributed by atoms with Gasteiger partial charge in [0.2, 0.25) is 0 Å². The fourth-order valence-electron chi connectivity index (χ4n) is 0.895. The standard InChI is InChI=1S/C12H19NO2S/c1-11(2,14-5)12(3,4)15-16-10-7-6-8-13-9-10/h6-9H,1-5H3. The molecule has 3 nitrogen and oxygen atoms in total. The van der Waals surface area contributed by atoms with Crippen LogP contribution in [-0.2, 0) is 8.92 Å². The molecular weight excluding hydrogens is 222 g/mol. The van der Waals surface area contributed by atoms with Crippen molar-refractivity contribution in [3.8, 4) is 0 Å². The summed E-state index contributed by atoms with van der Waals surface area (Å²) in [5.74, 6) is 0. The summed E-state index contributed by atoms with van der Waals surface area (Å²) in [4.78, 5) is 5.02. The molecular formula is C12H19NO2S. The van der Waals surface area contributed by atoms with E-state index in [0.717, 1.165) is 4.90 Å². The first kappa shape index (κ1) is 13.5. The third kappa shape index (κ3) is 3.20. The predicted molar refractivity (Wildman–Crippen MR) is 66.3 cm³/mol. The van der Waals surface area contributed by atoms with E-state index in [1.807, 2.05) is 39.8 Å². The van der Waals surface area contributed by atoms with Gasteiger partial charge >= 0.3 is 0 Å². The molecule has 1 heterocycles. The van der Waals surface area contributed by atoms with Crippen LogP contribution in [0.3, 0.4) is 0 Å². The van der Waals surface area contributed by atoms with Gasteiger partial charge in [-0.05, 0) is 39.8 Å². The van der Waals surface area contributed by atoms with Crippen LogP contribution in [0.2, 0.25) is 0 Å². The summed E-state index contributed by atoms with van der Waals surface area (Å²) in [5, 5.41) is 0. The van der Waals surface area contributed by atoms with Crippen LogP contribution in [0.5, 0.6) is 0 Å². The second-order valence-corrected chi connectivity index (χ2v) is 5.38. The van der Waals surface area contributed by atoms with Gasteiger partial charge < -0.3 is 8.92 Å². The second-order valence-electron chi connectivity index (χ2n) is 4.58. The molecule has 0 unspecified atom stereocenters. The molecule has 1 rings (SSSR count). The van der Waals surface area contributed by atoms with Crippen molar-refractivity contribution >= 4 is 12.0 Å².